The molecule has 0 aliphatic heterocycles. The van der Waals surface area contributed by atoms with Gasteiger partial charge in [-0.25, -0.2) is 0 Å². The first-order valence-corrected chi connectivity index (χ1v) is 9.10. The Morgan fingerprint density at radius 3 is 2.32 bits per heavy atom. The number of hydrogen-bond acceptors (Lipinski definition) is 2. The number of rotatable bonds is 6. The highest BCUT2D eigenvalue weighted by molar-refractivity contribution is 5.13. The van der Waals surface area contributed by atoms with Crippen LogP contribution in [0.3, 0.4) is 0 Å². The van der Waals surface area contributed by atoms with Crippen LogP contribution in [0.1, 0.15) is 71.1 Å². The van der Waals surface area contributed by atoms with Crippen molar-refractivity contribution in [3.05, 3.63) is 11.9 Å². The molecule has 2 aliphatic rings. The van der Waals surface area contributed by atoms with E-state index in [1.165, 1.54) is 44.6 Å². The van der Waals surface area contributed by atoms with Crippen LogP contribution < -0.4 is 0 Å². The summed E-state index contributed by atoms with van der Waals surface area (Å²) in [6, 6.07) is 1.57. The van der Waals surface area contributed by atoms with Gasteiger partial charge in [0.05, 0.1) is 6.10 Å². The number of ether oxygens (including phenoxy) is 1. The highest BCUT2D eigenvalue weighted by Crippen LogP contribution is 2.33. The summed E-state index contributed by atoms with van der Waals surface area (Å²) in [5, 5.41) is 8.48. The minimum atomic E-state index is -0.631. The maximum atomic E-state index is 13.0. The van der Waals surface area contributed by atoms with E-state index in [1.807, 2.05) is 0 Å². The van der Waals surface area contributed by atoms with Crippen LogP contribution in [0.4, 0.5) is 4.39 Å². The van der Waals surface area contributed by atoms with Crippen LogP contribution in [0, 0.1) is 29.1 Å². The molecule has 0 spiro atoms. The van der Waals surface area contributed by atoms with Crippen LogP contribution in [-0.2, 0) is 4.74 Å². The molecular formula is C19H30FNO. The van der Waals surface area contributed by atoms with Crippen molar-refractivity contribution in [2.45, 2.75) is 77.2 Å². The summed E-state index contributed by atoms with van der Waals surface area (Å²) in [7, 11) is 0. The molecule has 0 amide bonds. The van der Waals surface area contributed by atoms with Gasteiger partial charge in [0.15, 0.2) is 5.83 Å². The molecule has 0 radical (unpaired) electrons. The highest BCUT2D eigenvalue weighted by atomic mass is 19.1. The van der Waals surface area contributed by atoms with E-state index in [4.69, 9.17) is 10.00 Å². The fraction of sp³-hybridized carbons (Fsp3) is 0.842. The van der Waals surface area contributed by atoms with E-state index in [9.17, 15) is 4.39 Å². The molecule has 0 aromatic carbocycles. The van der Waals surface area contributed by atoms with Gasteiger partial charge in [-0.1, -0.05) is 32.6 Å². The van der Waals surface area contributed by atoms with Crippen LogP contribution in [0.5, 0.6) is 0 Å². The molecule has 0 saturated heterocycles. The van der Waals surface area contributed by atoms with Crippen molar-refractivity contribution in [1.82, 2.24) is 0 Å². The first kappa shape index (κ1) is 17.5. The van der Waals surface area contributed by atoms with Crippen molar-refractivity contribution in [2.75, 3.05) is 6.61 Å². The summed E-state index contributed by atoms with van der Waals surface area (Å²) < 4.78 is 19.1. The molecule has 2 nitrogen and oxygen atoms in total. The molecule has 0 aromatic rings. The molecule has 0 atom stereocenters. The van der Waals surface area contributed by atoms with Crippen molar-refractivity contribution in [2.24, 2.45) is 17.8 Å². The van der Waals surface area contributed by atoms with Crippen LogP contribution in [-0.4, -0.2) is 12.7 Å². The van der Waals surface area contributed by atoms with Crippen molar-refractivity contribution in [3.63, 3.8) is 0 Å². The minimum absolute atomic E-state index is 0.226. The lowest BCUT2D eigenvalue weighted by Crippen LogP contribution is -2.25. The number of allylic oxidation sites excluding steroid dienone is 2. The molecule has 0 bridgehead atoms. The highest BCUT2D eigenvalue weighted by Gasteiger charge is 2.24. The topological polar surface area (TPSA) is 33.0 Å². The third kappa shape index (κ3) is 5.72. The van der Waals surface area contributed by atoms with Crippen molar-refractivity contribution < 1.29 is 9.13 Å². The standard InChI is InChI=1S/C19H30FNO/c1-2-3-15-4-6-17(7-5-15)14-22-19-10-8-16(9-11-19)12-18(20)13-21/h12,15-17,19H,2-11,14H2,1H3/t15-,16-,17-,19-. The van der Waals surface area contributed by atoms with E-state index in [0.717, 1.165) is 44.1 Å². The second-order valence-corrected chi connectivity index (χ2v) is 7.17. The Hall–Kier alpha value is -0.880. The lowest BCUT2D eigenvalue weighted by Gasteiger charge is -2.31. The lowest BCUT2D eigenvalue weighted by atomic mass is 9.80. The van der Waals surface area contributed by atoms with Gasteiger partial charge in [0.2, 0.25) is 0 Å². The van der Waals surface area contributed by atoms with Crippen molar-refractivity contribution in [3.8, 4) is 6.07 Å². The van der Waals surface area contributed by atoms with Gasteiger partial charge in [0.25, 0.3) is 0 Å². The SMILES string of the molecule is CCC[C@H]1CC[C@H](CO[C@H]2CC[C@H](C=C(F)C#N)CC2)CC1. The first-order valence-electron chi connectivity index (χ1n) is 9.10. The zero-order valence-electron chi connectivity index (χ0n) is 13.9. The van der Waals surface area contributed by atoms with Crippen molar-refractivity contribution in [1.29, 1.82) is 5.26 Å². The van der Waals surface area contributed by atoms with Crippen LogP contribution >= 0.6 is 0 Å². The largest absolute Gasteiger partial charge is 0.378 e. The lowest BCUT2D eigenvalue weighted by molar-refractivity contribution is -0.00667. The van der Waals surface area contributed by atoms with E-state index in [0.29, 0.717) is 6.10 Å². The fourth-order valence-electron chi connectivity index (χ4n) is 4.03. The second kappa shape index (κ2) is 9.30. The van der Waals surface area contributed by atoms with Gasteiger partial charge in [-0.05, 0) is 62.4 Å². The molecular weight excluding hydrogens is 277 g/mol. The molecule has 2 aliphatic carbocycles. The first-order chi connectivity index (χ1) is 10.7. The van der Waals surface area contributed by atoms with Crippen molar-refractivity contribution >= 4 is 0 Å². The predicted molar refractivity (Wildman–Crippen MR) is 86.9 cm³/mol. The average Bonchev–Trinajstić information content (AvgIpc) is 2.56. The van der Waals surface area contributed by atoms with Gasteiger partial charge in [0, 0.05) is 6.61 Å². The molecule has 3 heteroatoms. The van der Waals surface area contributed by atoms with Gasteiger partial charge in [0.1, 0.15) is 6.07 Å². The van der Waals surface area contributed by atoms with E-state index in [1.54, 1.807) is 6.07 Å². The normalized spacial score (nSPS) is 33.4. The number of nitrogens with zero attached hydrogens (tertiary/aromatic N) is 1. The third-order valence-corrected chi connectivity index (χ3v) is 5.44. The number of halogens is 1. The average molecular weight is 307 g/mol. The molecule has 2 saturated carbocycles. The summed E-state index contributed by atoms with van der Waals surface area (Å²) in [6.45, 7) is 3.19. The van der Waals surface area contributed by atoms with Gasteiger partial charge in [-0.3, -0.25) is 0 Å². The van der Waals surface area contributed by atoms with Gasteiger partial charge >= 0.3 is 0 Å². The second-order valence-electron chi connectivity index (χ2n) is 7.17. The third-order valence-electron chi connectivity index (χ3n) is 5.44. The Morgan fingerprint density at radius 1 is 1.09 bits per heavy atom. The smallest absolute Gasteiger partial charge is 0.196 e. The quantitative estimate of drug-likeness (QED) is 0.603. The Morgan fingerprint density at radius 2 is 1.73 bits per heavy atom. The molecule has 0 unspecified atom stereocenters. The van der Waals surface area contributed by atoms with Crippen LogP contribution in [0.25, 0.3) is 0 Å². The Kier molecular flexibility index (Phi) is 7.39. The fourth-order valence-corrected chi connectivity index (χ4v) is 4.03. The summed E-state index contributed by atoms with van der Waals surface area (Å²) in [6.07, 6.45) is 13.9. The van der Waals surface area contributed by atoms with Gasteiger partial charge < -0.3 is 4.74 Å². The number of hydrogen-bond donors (Lipinski definition) is 0. The Labute approximate surface area is 134 Å². The maximum absolute atomic E-state index is 13.0. The zero-order valence-corrected chi connectivity index (χ0v) is 13.9. The summed E-state index contributed by atoms with van der Waals surface area (Å²) >= 11 is 0. The molecule has 22 heavy (non-hydrogen) atoms. The maximum Gasteiger partial charge on any atom is 0.196 e. The Balaban J connectivity index is 1.61. The number of nitriles is 1. The predicted octanol–water partition coefficient (Wildman–Crippen LogP) is 5.55. The molecule has 124 valence electrons. The van der Waals surface area contributed by atoms with E-state index in [2.05, 4.69) is 6.92 Å². The van der Waals surface area contributed by atoms with E-state index in [-0.39, 0.29) is 5.92 Å². The molecule has 2 rings (SSSR count). The monoisotopic (exact) mass is 307 g/mol. The minimum Gasteiger partial charge on any atom is -0.378 e. The summed E-state index contributed by atoms with van der Waals surface area (Å²) in [5.41, 5.74) is 0. The summed E-state index contributed by atoms with van der Waals surface area (Å²) in [5.74, 6) is 1.30. The van der Waals surface area contributed by atoms with Crippen LogP contribution in [0.2, 0.25) is 0 Å². The Bertz CT molecular complexity index is 385. The van der Waals surface area contributed by atoms with Gasteiger partial charge in [-0.15, -0.1) is 0 Å². The van der Waals surface area contributed by atoms with Gasteiger partial charge in [-0.2, -0.15) is 9.65 Å². The van der Waals surface area contributed by atoms with Crippen LogP contribution in [0.15, 0.2) is 11.9 Å². The zero-order chi connectivity index (χ0) is 15.8. The molecule has 2 fully saturated rings. The summed E-state index contributed by atoms with van der Waals surface area (Å²) in [4.78, 5) is 0. The molecule has 0 aromatic heterocycles. The van der Waals surface area contributed by atoms with E-state index < -0.39 is 5.83 Å². The molecule has 0 heterocycles. The van der Waals surface area contributed by atoms with E-state index >= 15 is 0 Å². The molecule has 0 N–H and O–H groups in total.